The molecule has 0 rings (SSSR count). The molecule has 0 aromatic heterocycles. The predicted octanol–water partition coefficient (Wildman–Crippen LogP) is 15.2. The van der Waals surface area contributed by atoms with Gasteiger partial charge in [-0.15, -0.1) is 0 Å². The van der Waals surface area contributed by atoms with Crippen LogP contribution in [0.1, 0.15) is 284 Å². The van der Waals surface area contributed by atoms with Crippen LogP contribution in [0.4, 0.5) is 0 Å². The molecule has 0 aliphatic rings. The lowest BCUT2D eigenvalue weighted by Crippen LogP contribution is -2.45. The highest BCUT2D eigenvalue weighted by Crippen LogP contribution is 2.17. The maximum Gasteiger partial charge on any atom is 0.220 e. The van der Waals surface area contributed by atoms with Crippen molar-refractivity contribution in [2.24, 2.45) is 0 Å². The van der Waals surface area contributed by atoms with Crippen molar-refractivity contribution in [3.8, 4) is 0 Å². The largest absolute Gasteiger partial charge is 0.394 e. The standard InChI is InChI=1S/C48H97NO3/c1-3-5-7-9-11-13-15-16-17-18-19-20-21-22-23-24-25-26-27-28-29-30-31-32-33-34-36-38-40-42-44-48(52)49-46(45-50)47(51)43-41-39-37-35-14-12-10-8-6-4-2/h46-47,50-51H,3-45H2,1-2H3,(H,49,52). The predicted molar refractivity (Wildman–Crippen MR) is 230 cm³/mol. The van der Waals surface area contributed by atoms with E-state index in [4.69, 9.17) is 0 Å². The first-order valence-electron chi connectivity index (χ1n) is 24.2. The Morgan fingerprint density at radius 3 is 0.865 bits per heavy atom. The summed E-state index contributed by atoms with van der Waals surface area (Å²) in [5, 5.41) is 23.1. The summed E-state index contributed by atoms with van der Waals surface area (Å²) in [5.41, 5.74) is 0. The molecule has 312 valence electrons. The number of aliphatic hydroxyl groups excluding tert-OH is 2. The van der Waals surface area contributed by atoms with E-state index in [1.165, 1.54) is 231 Å². The van der Waals surface area contributed by atoms with E-state index in [0.717, 1.165) is 25.7 Å². The van der Waals surface area contributed by atoms with Crippen molar-refractivity contribution in [3.63, 3.8) is 0 Å². The third kappa shape index (κ3) is 40.6. The van der Waals surface area contributed by atoms with Crippen LogP contribution in [0.25, 0.3) is 0 Å². The third-order valence-corrected chi connectivity index (χ3v) is 11.6. The van der Waals surface area contributed by atoms with E-state index < -0.39 is 12.1 Å². The second-order valence-corrected chi connectivity index (χ2v) is 16.9. The Labute approximate surface area is 327 Å². The molecule has 0 aromatic carbocycles. The minimum atomic E-state index is -0.651. The fourth-order valence-electron chi connectivity index (χ4n) is 7.89. The quantitative estimate of drug-likeness (QED) is 0.0545. The van der Waals surface area contributed by atoms with Crippen LogP contribution >= 0.6 is 0 Å². The molecule has 2 unspecified atom stereocenters. The van der Waals surface area contributed by atoms with E-state index in [1.54, 1.807) is 0 Å². The zero-order valence-corrected chi connectivity index (χ0v) is 35.9. The van der Waals surface area contributed by atoms with E-state index >= 15 is 0 Å². The molecular weight excluding hydrogens is 639 g/mol. The van der Waals surface area contributed by atoms with Crippen molar-refractivity contribution >= 4 is 5.91 Å². The average Bonchev–Trinajstić information content (AvgIpc) is 3.15. The zero-order chi connectivity index (χ0) is 37.8. The number of hydrogen-bond donors (Lipinski definition) is 3. The van der Waals surface area contributed by atoms with Gasteiger partial charge in [0.2, 0.25) is 5.91 Å². The molecular formula is C48H97NO3. The normalized spacial score (nSPS) is 12.8. The van der Waals surface area contributed by atoms with Crippen LogP contribution in [0.15, 0.2) is 0 Å². The Bertz CT molecular complexity index is 670. The molecule has 4 nitrogen and oxygen atoms in total. The Morgan fingerprint density at radius 1 is 0.385 bits per heavy atom. The van der Waals surface area contributed by atoms with Crippen molar-refractivity contribution < 1.29 is 15.0 Å². The van der Waals surface area contributed by atoms with Crippen molar-refractivity contribution in [2.45, 2.75) is 296 Å². The lowest BCUT2D eigenvalue weighted by Gasteiger charge is -2.22. The van der Waals surface area contributed by atoms with Gasteiger partial charge in [0.05, 0.1) is 18.8 Å². The van der Waals surface area contributed by atoms with Crippen LogP contribution in [0.3, 0.4) is 0 Å². The number of nitrogens with one attached hydrogen (secondary N) is 1. The van der Waals surface area contributed by atoms with Gasteiger partial charge in [-0.1, -0.05) is 264 Å². The lowest BCUT2D eigenvalue weighted by molar-refractivity contribution is -0.123. The van der Waals surface area contributed by atoms with Crippen LogP contribution < -0.4 is 5.32 Å². The minimum absolute atomic E-state index is 0.0265. The molecule has 52 heavy (non-hydrogen) atoms. The van der Waals surface area contributed by atoms with E-state index in [0.29, 0.717) is 12.8 Å². The van der Waals surface area contributed by atoms with E-state index in [2.05, 4.69) is 19.2 Å². The summed E-state index contributed by atoms with van der Waals surface area (Å²) in [5.74, 6) is -0.0265. The smallest absolute Gasteiger partial charge is 0.220 e. The highest BCUT2D eigenvalue weighted by atomic mass is 16.3. The summed E-state index contributed by atoms with van der Waals surface area (Å²) in [6, 6.07) is -0.528. The Hall–Kier alpha value is -0.610. The second-order valence-electron chi connectivity index (χ2n) is 16.9. The van der Waals surface area contributed by atoms with Crippen LogP contribution in [0, 0.1) is 0 Å². The van der Waals surface area contributed by atoms with Gasteiger partial charge in [0.1, 0.15) is 0 Å². The molecule has 0 saturated heterocycles. The Kier molecular flexibility index (Phi) is 44.3. The maximum absolute atomic E-state index is 12.4. The fraction of sp³-hybridized carbons (Fsp3) is 0.979. The van der Waals surface area contributed by atoms with E-state index in [-0.39, 0.29) is 12.5 Å². The molecule has 3 N–H and O–H groups in total. The van der Waals surface area contributed by atoms with Crippen LogP contribution in [-0.2, 0) is 4.79 Å². The van der Waals surface area contributed by atoms with Gasteiger partial charge in [0.25, 0.3) is 0 Å². The van der Waals surface area contributed by atoms with Crippen LogP contribution in [-0.4, -0.2) is 34.9 Å². The molecule has 0 heterocycles. The SMILES string of the molecule is CCCCCCCCCCCCCCCCCCCCCCCCCCCCCCCCC(=O)NC(CO)C(O)CCCCCCCCCCCC. The van der Waals surface area contributed by atoms with Gasteiger partial charge in [-0.05, 0) is 12.8 Å². The van der Waals surface area contributed by atoms with Gasteiger partial charge in [0.15, 0.2) is 0 Å². The molecule has 4 heteroatoms. The molecule has 0 bridgehead atoms. The van der Waals surface area contributed by atoms with Crippen molar-refractivity contribution in [1.82, 2.24) is 5.32 Å². The van der Waals surface area contributed by atoms with Gasteiger partial charge >= 0.3 is 0 Å². The number of hydrogen-bond acceptors (Lipinski definition) is 3. The molecule has 0 fully saturated rings. The monoisotopic (exact) mass is 736 g/mol. The third-order valence-electron chi connectivity index (χ3n) is 11.6. The Morgan fingerprint density at radius 2 is 0.615 bits per heavy atom. The number of rotatable bonds is 45. The van der Waals surface area contributed by atoms with Crippen molar-refractivity contribution in [3.05, 3.63) is 0 Å². The van der Waals surface area contributed by atoms with E-state index in [1.807, 2.05) is 0 Å². The molecule has 0 aliphatic heterocycles. The van der Waals surface area contributed by atoms with Gasteiger partial charge in [0, 0.05) is 6.42 Å². The second kappa shape index (κ2) is 44.8. The summed E-state index contributed by atoms with van der Waals surface area (Å²) in [6.45, 7) is 4.37. The summed E-state index contributed by atoms with van der Waals surface area (Å²) in [4.78, 5) is 12.4. The average molecular weight is 736 g/mol. The maximum atomic E-state index is 12.4. The number of carbonyl (C=O) groups is 1. The highest BCUT2D eigenvalue weighted by molar-refractivity contribution is 5.76. The van der Waals surface area contributed by atoms with Crippen molar-refractivity contribution in [1.29, 1.82) is 0 Å². The van der Waals surface area contributed by atoms with Gasteiger partial charge in [-0.3, -0.25) is 4.79 Å². The zero-order valence-electron chi connectivity index (χ0n) is 35.9. The summed E-state index contributed by atoms with van der Waals surface area (Å²) in [7, 11) is 0. The fourth-order valence-corrected chi connectivity index (χ4v) is 7.89. The molecule has 0 saturated carbocycles. The number of aliphatic hydroxyl groups is 2. The summed E-state index contributed by atoms with van der Waals surface area (Å²) in [6.07, 6.45) is 55.0. The van der Waals surface area contributed by atoms with Crippen LogP contribution in [0.2, 0.25) is 0 Å². The molecule has 0 aromatic rings. The first-order chi connectivity index (χ1) is 25.7. The lowest BCUT2D eigenvalue weighted by atomic mass is 10.0. The van der Waals surface area contributed by atoms with E-state index in [9.17, 15) is 15.0 Å². The summed E-state index contributed by atoms with van der Waals surface area (Å²) >= 11 is 0. The molecule has 0 spiro atoms. The highest BCUT2D eigenvalue weighted by Gasteiger charge is 2.20. The van der Waals surface area contributed by atoms with Gasteiger partial charge < -0.3 is 15.5 Å². The molecule has 1 amide bonds. The van der Waals surface area contributed by atoms with Gasteiger partial charge in [-0.25, -0.2) is 0 Å². The van der Waals surface area contributed by atoms with Crippen molar-refractivity contribution in [2.75, 3.05) is 6.61 Å². The number of unbranched alkanes of at least 4 members (excludes halogenated alkanes) is 38. The Balaban J connectivity index is 3.34. The molecule has 2 atom stereocenters. The summed E-state index contributed by atoms with van der Waals surface area (Å²) < 4.78 is 0. The topological polar surface area (TPSA) is 69.6 Å². The minimum Gasteiger partial charge on any atom is -0.394 e. The number of amides is 1. The number of carbonyl (C=O) groups excluding carboxylic acids is 1. The van der Waals surface area contributed by atoms with Gasteiger partial charge in [-0.2, -0.15) is 0 Å². The van der Waals surface area contributed by atoms with Crippen LogP contribution in [0.5, 0.6) is 0 Å². The molecule has 0 radical (unpaired) electrons. The first-order valence-corrected chi connectivity index (χ1v) is 24.2. The first kappa shape index (κ1) is 51.4. The molecule has 0 aliphatic carbocycles.